The van der Waals surface area contributed by atoms with Crippen LogP contribution in [0.2, 0.25) is 5.28 Å². The van der Waals surface area contributed by atoms with E-state index in [1.54, 1.807) is 0 Å². The third kappa shape index (κ3) is 3.01. The molecule has 2 heterocycles. The van der Waals surface area contributed by atoms with Crippen molar-refractivity contribution < 1.29 is 4.74 Å². The lowest BCUT2D eigenvalue weighted by molar-refractivity contribution is 0.467. The Kier molecular flexibility index (Phi) is 3.59. The van der Waals surface area contributed by atoms with Gasteiger partial charge in [-0.1, -0.05) is 32.9 Å². The highest BCUT2D eigenvalue weighted by molar-refractivity contribution is 7.16. The van der Waals surface area contributed by atoms with E-state index in [1.165, 1.54) is 16.9 Å². The van der Waals surface area contributed by atoms with Crippen LogP contribution in [0.1, 0.15) is 26.3 Å². The highest BCUT2D eigenvalue weighted by atomic mass is 35.5. The molecule has 1 aromatic carbocycles. The number of hydrogen-bond acceptors (Lipinski definition) is 4. The van der Waals surface area contributed by atoms with Gasteiger partial charge in [0, 0.05) is 0 Å². The van der Waals surface area contributed by atoms with Gasteiger partial charge in [-0.15, -0.1) is 11.3 Å². The monoisotopic (exact) mass is 318 g/mol. The van der Waals surface area contributed by atoms with E-state index in [9.17, 15) is 0 Å². The predicted octanol–water partition coefficient (Wildman–Crippen LogP) is 5.43. The second kappa shape index (κ2) is 5.28. The fourth-order valence-corrected chi connectivity index (χ4v) is 2.98. The number of nitrogens with zero attached hydrogens (tertiary/aromatic N) is 2. The van der Waals surface area contributed by atoms with Crippen molar-refractivity contribution in [1.29, 1.82) is 0 Å². The van der Waals surface area contributed by atoms with Gasteiger partial charge in [0.05, 0.1) is 5.39 Å². The molecule has 5 heteroatoms. The number of aromatic nitrogens is 2. The quantitative estimate of drug-likeness (QED) is 0.590. The summed E-state index contributed by atoms with van der Waals surface area (Å²) in [6, 6.07) is 9.99. The lowest BCUT2D eigenvalue weighted by Gasteiger charge is -2.19. The SMILES string of the molecule is CC(C)(C)c1ccc(Oc2nc(Cl)nc3sccc23)cc1. The van der Waals surface area contributed by atoms with E-state index >= 15 is 0 Å². The molecule has 0 radical (unpaired) electrons. The molecule has 0 aliphatic heterocycles. The van der Waals surface area contributed by atoms with Crippen LogP contribution < -0.4 is 4.74 Å². The van der Waals surface area contributed by atoms with E-state index < -0.39 is 0 Å². The van der Waals surface area contributed by atoms with Gasteiger partial charge in [0.25, 0.3) is 0 Å². The van der Waals surface area contributed by atoms with Gasteiger partial charge in [-0.3, -0.25) is 0 Å². The maximum Gasteiger partial charge on any atom is 0.232 e. The molecular formula is C16H15ClN2OS. The van der Waals surface area contributed by atoms with Crippen molar-refractivity contribution in [2.75, 3.05) is 0 Å². The highest BCUT2D eigenvalue weighted by Gasteiger charge is 2.14. The fourth-order valence-electron chi connectivity index (χ4n) is 2.02. The Bertz CT molecular complexity index is 775. The lowest BCUT2D eigenvalue weighted by atomic mass is 9.87. The Morgan fingerprint density at radius 2 is 1.76 bits per heavy atom. The van der Waals surface area contributed by atoms with E-state index in [1.807, 2.05) is 23.6 Å². The van der Waals surface area contributed by atoms with Gasteiger partial charge >= 0.3 is 0 Å². The minimum Gasteiger partial charge on any atom is -0.438 e. The molecule has 0 saturated carbocycles. The minimum atomic E-state index is 0.122. The summed E-state index contributed by atoms with van der Waals surface area (Å²) in [5.74, 6) is 1.24. The van der Waals surface area contributed by atoms with Gasteiger partial charge in [0.15, 0.2) is 0 Å². The van der Waals surface area contributed by atoms with Crippen molar-refractivity contribution >= 4 is 33.2 Å². The smallest absolute Gasteiger partial charge is 0.232 e. The molecule has 0 fully saturated rings. The van der Waals surface area contributed by atoms with E-state index in [2.05, 4.69) is 42.9 Å². The first-order valence-corrected chi connectivity index (χ1v) is 7.88. The van der Waals surface area contributed by atoms with Crippen molar-refractivity contribution in [3.05, 3.63) is 46.6 Å². The van der Waals surface area contributed by atoms with Crippen LogP contribution in [0, 0.1) is 0 Å². The van der Waals surface area contributed by atoms with Crippen LogP contribution in [0.15, 0.2) is 35.7 Å². The first kappa shape index (κ1) is 14.3. The minimum absolute atomic E-state index is 0.122. The summed E-state index contributed by atoms with van der Waals surface area (Å²) in [7, 11) is 0. The van der Waals surface area contributed by atoms with E-state index in [0.29, 0.717) is 5.88 Å². The van der Waals surface area contributed by atoms with Crippen LogP contribution in [-0.4, -0.2) is 9.97 Å². The largest absolute Gasteiger partial charge is 0.438 e. The molecule has 0 unspecified atom stereocenters. The van der Waals surface area contributed by atoms with Crippen molar-refractivity contribution in [2.45, 2.75) is 26.2 Å². The number of hydrogen-bond donors (Lipinski definition) is 0. The molecule has 0 saturated heterocycles. The summed E-state index contributed by atoms with van der Waals surface area (Å²) >= 11 is 7.45. The zero-order chi connectivity index (χ0) is 15.0. The Morgan fingerprint density at radius 1 is 1.05 bits per heavy atom. The van der Waals surface area contributed by atoms with Gasteiger partial charge in [0.2, 0.25) is 11.2 Å². The molecule has 108 valence electrons. The van der Waals surface area contributed by atoms with Crippen molar-refractivity contribution in [3.8, 4) is 11.6 Å². The topological polar surface area (TPSA) is 35.0 Å². The van der Waals surface area contributed by atoms with Gasteiger partial charge in [-0.2, -0.15) is 4.98 Å². The molecule has 0 aliphatic carbocycles. The number of halogens is 1. The van der Waals surface area contributed by atoms with E-state index in [-0.39, 0.29) is 10.7 Å². The summed E-state index contributed by atoms with van der Waals surface area (Å²) < 4.78 is 5.87. The summed E-state index contributed by atoms with van der Waals surface area (Å²) in [5, 5.41) is 3.03. The fraction of sp³-hybridized carbons (Fsp3) is 0.250. The molecule has 0 atom stereocenters. The summed E-state index contributed by atoms with van der Waals surface area (Å²) in [6.45, 7) is 6.55. The highest BCUT2D eigenvalue weighted by Crippen LogP contribution is 2.32. The first-order valence-electron chi connectivity index (χ1n) is 6.62. The van der Waals surface area contributed by atoms with Gasteiger partial charge in [-0.25, -0.2) is 4.98 Å². The molecule has 3 nitrogen and oxygen atoms in total. The first-order chi connectivity index (χ1) is 9.93. The molecule has 0 bridgehead atoms. The molecule has 3 aromatic rings. The molecular weight excluding hydrogens is 304 g/mol. The van der Waals surface area contributed by atoms with Crippen LogP contribution in [-0.2, 0) is 5.41 Å². The summed E-state index contributed by atoms with van der Waals surface area (Å²) in [5.41, 5.74) is 1.38. The average Bonchev–Trinajstić information content (AvgIpc) is 2.86. The number of rotatable bonds is 2. The van der Waals surface area contributed by atoms with Crippen LogP contribution in [0.3, 0.4) is 0 Å². The number of thiophene rings is 1. The van der Waals surface area contributed by atoms with Crippen LogP contribution in [0.4, 0.5) is 0 Å². The second-order valence-electron chi connectivity index (χ2n) is 5.81. The molecule has 21 heavy (non-hydrogen) atoms. The maximum absolute atomic E-state index is 5.94. The molecule has 0 N–H and O–H groups in total. The van der Waals surface area contributed by atoms with Crippen molar-refractivity contribution in [3.63, 3.8) is 0 Å². The normalized spacial score (nSPS) is 11.8. The van der Waals surface area contributed by atoms with Gasteiger partial charge in [0.1, 0.15) is 10.6 Å². The third-order valence-corrected chi connectivity index (χ3v) is 4.17. The number of fused-ring (bicyclic) bond motifs is 1. The average molecular weight is 319 g/mol. The standard InChI is InChI=1S/C16H15ClN2OS/c1-16(2,3)10-4-6-11(7-5-10)20-13-12-8-9-21-14(12)19-15(17)18-13/h4-9H,1-3H3. The van der Waals surface area contributed by atoms with Crippen molar-refractivity contribution in [1.82, 2.24) is 9.97 Å². The Labute approximate surface area is 132 Å². The predicted molar refractivity (Wildman–Crippen MR) is 87.6 cm³/mol. The zero-order valence-electron chi connectivity index (χ0n) is 12.1. The maximum atomic E-state index is 5.94. The summed E-state index contributed by atoms with van der Waals surface area (Å²) in [4.78, 5) is 9.19. The number of benzene rings is 1. The second-order valence-corrected chi connectivity index (χ2v) is 7.05. The van der Waals surface area contributed by atoms with Crippen LogP contribution in [0.25, 0.3) is 10.2 Å². The summed E-state index contributed by atoms with van der Waals surface area (Å²) in [6.07, 6.45) is 0. The zero-order valence-corrected chi connectivity index (χ0v) is 13.6. The number of ether oxygens (including phenoxy) is 1. The third-order valence-electron chi connectivity index (χ3n) is 3.20. The molecule has 3 rings (SSSR count). The molecule has 0 aliphatic rings. The molecule has 2 aromatic heterocycles. The molecule has 0 spiro atoms. The van der Waals surface area contributed by atoms with Crippen LogP contribution >= 0.6 is 22.9 Å². The van der Waals surface area contributed by atoms with E-state index in [0.717, 1.165) is 16.0 Å². The Hall–Kier alpha value is -1.65. The van der Waals surface area contributed by atoms with Gasteiger partial charge < -0.3 is 4.74 Å². The van der Waals surface area contributed by atoms with Crippen LogP contribution in [0.5, 0.6) is 11.6 Å². The Morgan fingerprint density at radius 3 is 2.43 bits per heavy atom. The molecule has 0 amide bonds. The Balaban J connectivity index is 1.93. The van der Waals surface area contributed by atoms with Crippen molar-refractivity contribution in [2.24, 2.45) is 0 Å². The van der Waals surface area contributed by atoms with Gasteiger partial charge in [-0.05, 0) is 46.2 Å². The van der Waals surface area contributed by atoms with E-state index in [4.69, 9.17) is 16.3 Å². The lowest BCUT2D eigenvalue weighted by Crippen LogP contribution is -2.10.